The number of aryl methyl sites for hydroxylation is 1. The molecule has 29 heavy (non-hydrogen) atoms. The predicted octanol–water partition coefficient (Wildman–Crippen LogP) is 3.92. The van der Waals surface area contributed by atoms with E-state index in [1.165, 1.54) is 21.7 Å². The third-order valence-corrected chi connectivity index (χ3v) is 6.83. The van der Waals surface area contributed by atoms with Crippen LogP contribution in [-0.2, 0) is 6.54 Å². The molecular weight excluding hydrogens is 380 g/mol. The molecule has 3 aromatic rings. The van der Waals surface area contributed by atoms with Crippen molar-refractivity contribution in [2.75, 3.05) is 31.1 Å². The first kappa shape index (κ1) is 20.0. The first-order valence-electron chi connectivity index (χ1n) is 10.4. The van der Waals surface area contributed by atoms with Crippen LogP contribution in [0, 0.1) is 19.8 Å². The summed E-state index contributed by atoms with van der Waals surface area (Å²) in [6.45, 7) is 13.8. The highest BCUT2D eigenvalue weighted by Crippen LogP contribution is 2.30. The van der Waals surface area contributed by atoms with Crippen molar-refractivity contribution in [2.24, 2.45) is 5.92 Å². The van der Waals surface area contributed by atoms with Crippen LogP contribution >= 0.6 is 11.3 Å². The van der Waals surface area contributed by atoms with Crippen molar-refractivity contribution in [1.29, 1.82) is 0 Å². The van der Waals surface area contributed by atoms with Crippen molar-refractivity contribution in [1.82, 2.24) is 25.1 Å². The van der Waals surface area contributed by atoms with Crippen LogP contribution in [0.3, 0.4) is 0 Å². The fraction of sp³-hybridized carbons (Fsp3) is 0.500. The van der Waals surface area contributed by atoms with Gasteiger partial charge in [0.25, 0.3) is 0 Å². The van der Waals surface area contributed by atoms with Gasteiger partial charge in [-0.05, 0) is 58.8 Å². The SMILES string of the molecule is Cc1cccc(N2CCN([C@H](c3nnnn3Cc3cccs3)C(C)C)CC2)c1C. The lowest BCUT2D eigenvalue weighted by atomic mass is 10.00. The number of hydrogen-bond acceptors (Lipinski definition) is 6. The largest absolute Gasteiger partial charge is 0.369 e. The Hall–Kier alpha value is -2.25. The standard InChI is InChI=1S/C22H30N6S/c1-16(2)21(22-23-24-25-28(22)15-19-8-6-14-29-19)27-12-10-26(11-13-27)20-9-5-7-17(3)18(20)4/h5-9,14,16,21H,10-13,15H2,1-4H3/t21-/m0/s1. The maximum atomic E-state index is 4.45. The molecule has 154 valence electrons. The van der Waals surface area contributed by atoms with Crippen LogP contribution in [0.5, 0.6) is 0 Å². The smallest absolute Gasteiger partial charge is 0.169 e. The van der Waals surface area contributed by atoms with Gasteiger partial charge in [0.1, 0.15) is 0 Å². The molecule has 0 aliphatic carbocycles. The van der Waals surface area contributed by atoms with E-state index in [0.717, 1.165) is 38.5 Å². The summed E-state index contributed by atoms with van der Waals surface area (Å²) >= 11 is 1.75. The van der Waals surface area contributed by atoms with Crippen LogP contribution in [-0.4, -0.2) is 51.3 Å². The van der Waals surface area contributed by atoms with Crippen molar-refractivity contribution < 1.29 is 0 Å². The lowest BCUT2D eigenvalue weighted by Crippen LogP contribution is -2.49. The minimum Gasteiger partial charge on any atom is -0.369 e. The molecule has 3 heterocycles. The normalized spacial score (nSPS) is 16.5. The number of tetrazole rings is 1. The molecular formula is C22H30N6S. The Morgan fingerprint density at radius 2 is 1.83 bits per heavy atom. The van der Waals surface area contributed by atoms with Crippen molar-refractivity contribution in [3.63, 3.8) is 0 Å². The topological polar surface area (TPSA) is 50.1 Å². The first-order valence-corrected chi connectivity index (χ1v) is 11.3. The van der Waals surface area contributed by atoms with Gasteiger partial charge in [0, 0.05) is 36.7 Å². The summed E-state index contributed by atoms with van der Waals surface area (Å²) < 4.78 is 1.98. The second-order valence-electron chi connectivity index (χ2n) is 8.21. The van der Waals surface area contributed by atoms with Crippen molar-refractivity contribution in [3.8, 4) is 0 Å². The predicted molar refractivity (Wildman–Crippen MR) is 119 cm³/mol. The van der Waals surface area contributed by atoms with E-state index < -0.39 is 0 Å². The molecule has 1 fully saturated rings. The first-order chi connectivity index (χ1) is 14.0. The van der Waals surface area contributed by atoms with E-state index in [4.69, 9.17) is 0 Å². The van der Waals surface area contributed by atoms with E-state index in [1.807, 2.05) is 4.68 Å². The highest BCUT2D eigenvalue weighted by Gasteiger charge is 2.31. The molecule has 1 aliphatic heterocycles. The minimum absolute atomic E-state index is 0.228. The van der Waals surface area contributed by atoms with E-state index >= 15 is 0 Å². The monoisotopic (exact) mass is 410 g/mol. The maximum Gasteiger partial charge on any atom is 0.169 e. The number of thiophene rings is 1. The number of aromatic nitrogens is 4. The summed E-state index contributed by atoms with van der Waals surface area (Å²) in [6, 6.07) is 11.1. The Kier molecular flexibility index (Phi) is 5.96. The second kappa shape index (κ2) is 8.63. The van der Waals surface area contributed by atoms with Gasteiger partial charge < -0.3 is 4.90 Å². The van der Waals surface area contributed by atoms with E-state index in [-0.39, 0.29) is 6.04 Å². The van der Waals surface area contributed by atoms with Gasteiger partial charge in [-0.2, -0.15) is 0 Å². The Bertz CT molecular complexity index is 925. The molecule has 1 aromatic carbocycles. The van der Waals surface area contributed by atoms with Crippen LogP contribution in [0.2, 0.25) is 0 Å². The van der Waals surface area contributed by atoms with E-state index in [2.05, 4.69) is 88.7 Å². The lowest BCUT2D eigenvalue weighted by molar-refractivity contribution is 0.135. The molecule has 0 spiro atoms. The zero-order valence-electron chi connectivity index (χ0n) is 17.7. The third-order valence-electron chi connectivity index (χ3n) is 5.97. The van der Waals surface area contributed by atoms with Crippen molar-refractivity contribution in [3.05, 3.63) is 57.5 Å². The van der Waals surface area contributed by atoms with Crippen LogP contribution < -0.4 is 4.90 Å². The van der Waals surface area contributed by atoms with E-state index in [0.29, 0.717) is 5.92 Å². The second-order valence-corrected chi connectivity index (χ2v) is 9.24. The third kappa shape index (κ3) is 4.21. The quantitative estimate of drug-likeness (QED) is 0.616. The summed E-state index contributed by atoms with van der Waals surface area (Å²) in [7, 11) is 0. The zero-order valence-corrected chi connectivity index (χ0v) is 18.6. The molecule has 0 amide bonds. The molecule has 7 heteroatoms. The van der Waals surface area contributed by atoms with Gasteiger partial charge in [0.15, 0.2) is 5.82 Å². The molecule has 6 nitrogen and oxygen atoms in total. The number of piperazine rings is 1. The Morgan fingerprint density at radius 1 is 1.03 bits per heavy atom. The van der Waals surface area contributed by atoms with Gasteiger partial charge in [-0.3, -0.25) is 4.90 Å². The van der Waals surface area contributed by atoms with Gasteiger partial charge in [0.05, 0.1) is 12.6 Å². The fourth-order valence-corrected chi connectivity index (χ4v) is 4.97. The number of rotatable bonds is 6. The molecule has 0 radical (unpaired) electrons. The Labute approximate surface area is 177 Å². The van der Waals surface area contributed by atoms with E-state index in [9.17, 15) is 0 Å². The Balaban J connectivity index is 1.50. The fourth-order valence-electron chi connectivity index (χ4n) is 4.29. The molecule has 0 N–H and O–H groups in total. The highest BCUT2D eigenvalue weighted by atomic mass is 32.1. The van der Waals surface area contributed by atoms with Crippen molar-refractivity contribution in [2.45, 2.75) is 40.3 Å². The average Bonchev–Trinajstić information content (AvgIpc) is 3.38. The van der Waals surface area contributed by atoms with Crippen LogP contribution in [0.25, 0.3) is 0 Å². The molecule has 1 atom stereocenters. The number of benzene rings is 1. The Morgan fingerprint density at radius 3 is 2.52 bits per heavy atom. The van der Waals surface area contributed by atoms with Crippen LogP contribution in [0.4, 0.5) is 5.69 Å². The van der Waals surface area contributed by atoms with Gasteiger partial charge in [-0.1, -0.05) is 32.0 Å². The molecule has 1 aliphatic rings. The molecule has 1 saturated heterocycles. The average molecular weight is 411 g/mol. The van der Waals surface area contributed by atoms with Gasteiger partial charge in [0.2, 0.25) is 0 Å². The molecule has 0 saturated carbocycles. The number of hydrogen-bond donors (Lipinski definition) is 0. The lowest BCUT2D eigenvalue weighted by Gasteiger charge is -2.41. The molecule has 4 rings (SSSR count). The van der Waals surface area contributed by atoms with Crippen molar-refractivity contribution >= 4 is 17.0 Å². The highest BCUT2D eigenvalue weighted by molar-refractivity contribution is 7.09. The summed E-state index contributed by atoms with van der Waals surface area (Å²) in [5.41, 5.74) is 4.12. The van der Waals surface area contributed by atoms with Crippen LogP contribution in [0.1, 0.15) is 41.7 Å². The van der Waals surface area contributed by atoms with Gasteiger partial charge >= 0.3 is 0 Å². The maximum absolute atomic E-state index is 4.45. The summed E-state index contributed by atoms with van der Waals surface area (Å²) in [6.07, 6.45) is 0. The molecule has 2 aromatic heterocycles. The van der Waals surface area contributed by atoms with Gasteiger partial charge in [-0.25, -0.2) is 4.68 Å². The van der Waals surface area contributed by atoms with Gasteiger partial charge in [-0.15, -0.1) is 16.4 Å². The zero-order chi connectivity index (χ0) is 20.4. The summed E-state index contributed by atoms with van der Waals surface area (Å²) in [4.78, 5) is 6.36. The molecule has 0 bridgehead atoms. The van der Waals surface area contributed by atoms with E-state index in [1.54, 1.807) is 11.3 Å². The minimum atomic E-state index is 0.228. The summed E-state index contributed by atoms with van der Waals surface area (Å²) in [5.74, 6) is 1.42. The van der Waals surface area contributed by atoms with Crippen LogP contribution in [0.15, 0.2) is 35.7 Å². The number of nitrogens with zero attached hydrogens (tertiary/aromatic N) is 6. The molecule has 0 unspecified atom stereocenters. The number of anilines is 1. The summed E-state index contributed by atoms with van der Waals surface area (Å²) in [5, 5.41) is 14.9.